The van der Waals surface area contributed by atoms with Gasteiger partial charge in [-0.15, -0.1) is 0 Å². The van der Waals surface area contributed by atoms with Crippen molar-refractivity contribution in [3.05, 3.63) is 35.4 Å². The number of hydrogen-bond acceptors (Lipinski definition) is 2. The molecule has 0 radical (unpaired) electrons. The minimum Gasteiger partial charge on any atom is -0.390 e. The Morgan fingerprint density at radius 1 is 1.33 bits per heavy atom. The molecule has 1 aromatic rings. The van der Waals surface area contributed by atoms with Gasteiger partial charge in [-0.3, -0.25) is 0 Å². The predicted octanol–water partition coefficient (Wildman–Crippen LogP) is 3.07. The van der Waals surface area contributed by atoms with Crippen LogP contribution in [0.15, 0.2) is 18.2 Å². The van der Waals surface area contributed by atoms with Gasteiger partial charge in [-0.1, -0.05) is 13.0 Å². The van der Waals surface area contributed by atoms with E-state index in [2.05, 4.69) is 0 Å². The molecule has 1 rings (SSSR count). The molecule has 2 nitrogen and oxygen atoms in total. The van der Waals surface area contributed by atoms with Gasteiger partial charge in [0.25, 0.3) is 0 Å². The van der Waals surface area contributed by atoms with E-state index < -0.39 is 23.3 Å². The van der Waals surface area contributed by atoms with Crippen LogP contribution in [0.5, 0.6) is 0 Å². The van der Waals surface area contributed by atoms with E-state index in [1.165, 1.54) is 12.1 Å². The molecule has 0 heterocycles. The van der Waals surface area contributed by atoms with Crippen LogP contribution >= 0.6 is 0 Å². The molecule has 2 unspecified atom stereocenters. The number of aliphatic hydroxyl groups is 1. The zero-order chi connectivity index (χ0) is 13.8. The highest BCUT2D eigenvalue weighted by molar-refractivity contribution is 5.20. The quantitative estimate of drug-likeness (QED) is 0.849. The lowest BCUT2D eigenvalue weighted by atomic mass is 9.90. The lowest BCUT2D eigenvalue weighted by Gasteiger charge is -2.33. The van der Waals surface area contributed by atoms with Crippen molar-refractivity contribution in [3.8, 4) is 0 Å². The zero-order valence-corrected chi connectivity index (χ0v) is 11.0. The van der Waals surface area contributed by atoms with Crippen LogP contribution < -0.4 is 0 Å². The van der Waals surface area contributed by atoms with Crippen molar-refractivity contribution in [2.75, 3.05) is 6.61 Å². The van der Waals surface area contributed by atoms with Gasteiger partial charge in [0.05, 0.1) is 11.7 Å². The summed E-state index contributed by atoms with van der Waals surface area (Å²) in [5, 5.41) is 10.2. The first-order valence-corrected chi connectivity index (χ1v) is 6.19. The fraction of sp³-hybridized carbons (Fsp3) is 0.571. The van der Waals surface area contributed by atoms with Gasteiger partial charge < -0.3 is 9.84 Å². The highest BCUT2D eigenvalue weighted by atomic mass is 19.1. The van der Waals surface area contributed by atoms with Gasteiger partial charge in [0.15, 0.2) is 0 Å². The first-order valence-electron chi connectivity index (χ1n) is 6.19. The second kappa shape index (κ2) is 6.25. The maximum Gasteiger partial charge on any atom is 0.129 e. The van der Waals surface area contributed by atoms with E-state index in [1.54, 1.807) is 6.92 Å². The third-order valence-electron chi connectivity index (χ3n) is 3.31. The third-order valence-corrected chi connectivity index (χ3v) is 3.31. The second-order valence-corrected chi connectivity index (χ2v) is 4.55. The Morgan fingerprint density at radius 2 is 2.00 bits per heavy atom. The molecule has 0 spiro atoms. The van der Waals surface area contributed by atoms with E-state index in [4.69, 9.17) is 4.74 Å². The molecule has 0 fully saturated rings. The molecule has 0 amide bonds. The molecule has 0 aliphatic heterocycles. The van der Waals surface area contributed by atoms with E-state index in [1.807, 2.05) is 13.8 Å². The topological polar surface area (TPSA) is 29.5 Å². The van der Waals surface area contributed by atoms with Crippen LogP contribution in [0.2, 0.25) is 0 Å². The fourth-order valence-electron chi connectivity index (χ4n) is 1.88. The molecule has 4 heteroatoms. The van der Waals surface area contributed by atoms with Crippen LogP contribution in [0.25, 0.3) is 0 Å². The highest BCUT2D eigenvalue weighted by Gasteiger charge is 2.32. The molecule has 0 aromatic heterocycles. The summed E-state index contributed by atoms with van der Waals surface area (Å²) in [5.41, 5.74) is -0.418. The summed E-state index contributed by atoms with van der Waals surface area (Å²) in [6.45, 7) is 6.02. The Bertz CT molecular complexity index is 395. The largest absolute Gasteiger partial charge is 0.390 e. The van der Waals surface area contributed by atoms with Gasteiger partial charge in [-0.05, 0) is 31.9 Å². The molecule has 1 N–H and O–H groups in total. The van der Waals surface area contributed by atoms with Crippen molar-refractivity contribution in [3.63, 3.8) is 0 Å². The lowest BCUT2D eigenvalue weighted by molar-refractivity contribution is -0.110. The summed E-state index contributed by atoms with van der Waals surface area (Å²) >= 11 is 0. The summed E-state index contributed by atoms with van der Waals surface area (Å²) in [5.74, 6) is -1.25. The number of halogens is 2. The summed E-state index contributed by atoms with van der Waals surface area (Å²) in [6.07, 6.45) is -0.108. The molecule has 18 heavy (non-hydrogen) atoms. The number of benzene rings is 1. The van der Waals surface area contributed by atoms with Crippen molar-refractivity contribution in [2.24, 2.45) is 0 Å². The second-order valence-electron chi connectivity index (χ2n) is 4.55. The summed E-state index contributed by atoms with van der Waals surface area (Å²) in [7, 11) is 0. The Labute approximate surface area is 107 Å². The Kier molecular flexibility index (Phi) is 5.23. The molecular weight excluding hydrogens is 238 g/mol. The first-order chi connectivity index (χ1) is 8.42. The zero-order valence-electron chi connectivity index (χ0n) is 11.0. The maximum absolute atomic E-state index is 13.5. The van der Waals surface area contributed by atoms with Gasteiger partial charge in [0.1, 0.15) is 11.6 Å². The molecule has 0 aliphatic rings. The average Bonchev–Trinajstić information content (AvgIpc) is 2.32. The Balaban J connectivity index is 2.82. The van der Waals surface area contributed by atoms with E-state index >= 15 is 0 Å². The number of hydrogen-bond donors (Lipinski definition) is 1. The van der Waals surface area contributed by atoms with Crippen LogP contribution in [0.1, 0.15) is 32.8 Å². The third kappa shape index (κ3) is 3.50. The van der Waals surface area contributed by atoms with Crippen molar-refractivity contribution in [1.82, 2.24) is 0 Å². The van der Waals surface area contributed by atoms with Crippen LogP contribution in [0.4, 0.5) is 8.78 Å². The predicted molar refractivity (Wildman–Crippen MR) is 66.4 cm³/mol. The van der Waals surface area contributed by atoms with E-state index in [9.17, 15) is 13.9 Å². The minimum absolute atomic E-state index is 0.108. The van der Waals surface area contributed by atoms with Crippen molar-refractivity contribution in [1.29, 1.82) is 0 Å². The summed E-state index contributed by atoms with van der Waals surface area (Å²) < 4.78 is 31.8. The first kappa shape index (κ1) is 15.1. The van der Waals surface area contributed by atoms with Crippen LogP contribution in [0.3, 0.4) is 0 Å². The molecule has 102 valence electrons. The van der Waals surface area contributed by atoms with Gasteiger partial charge in [0.2, 0.25) is 0 Å². The van der Waals surface area contributed by atoms with Crippen molar-refractivity contribution >= 4 is 0 Å². The molecule has 0 bridgehead atoms. The summed E-state index contributed by atoms with van der Waals surface area (Å²) in [4.78, 5) is 0. The van der Waals surface area contributed by atoms with E-state index in [-0.39, 0.29) is 6.42 Å². The standard InChI is InChI=1S/C14H20F2O2/c1-4-14(3,18-5-2)13(17)8-10-6-7-11(15)9-12(10)16/h6-7,9,13,17H,4-5,8H2,1-3H3. The normalized spacial score (nSPS) is 16.3. The van der Waals surface area contributed by atoms with Crippen LogP contribution in [-0.2, 0) is 11.2 Å². The molecular formula is C14H20F2O2. The highest BCUT2D eigenvalue weighted by Crippen LogP contribution is 2.24. The maximum atomic E-state index is 13.5. The SMILES string of the molecule is CCOC(C)(CC)C(O)Cc1ccc(F)cc1F. The fourth-order valence-corrected chi connectivity index (χ4v) is 1.88. The van der Waals surface area contributed by atoms with Crippen LogP contribution in [0, 0.1) is 11.6 Å². The van der Waals surface area contributed by atoms with Gasteiger partial charge in [-0.2, -0.15) is 0 Å². The summed E-state index contributed by atoms with van der Waals surface area (Å²) in [6, 6.07) is 3.37. The number of rotatable bonds is 6. The molecule has 0 saturated heterocycles. The van der Waals surface area contributed by atoms with Gasteiger partial charge >= 0.3 is 0 Å². The molecule has 1 aromatic carbocycles. The van der Waals surface area contributed by atoms with E-state index in [0.717, 1.165) is 6.07 Å². The van der Waals surface area contributed by atoms with E-state index in [0.29, 0.717) is 18.6 Å². The van der Waals surface area contributed by atoms with Gasteiger partial charge in [0, 0.05) is 19.1 Å². The molecule has 2 atom stereocenters. The van der Waals surface area contributed by atoms with Crippen molar-refractivity contribution in [2.45, 2.75) is 45.3 Å². The molecule has 0 saturated carbocycles. The lowest BCUT2D eigenvalue weighted by Crippen LogP contribution is -2.43. The molecule has 0 aliphatic carbocycles. The average molecular weight is 258 g/mol. The monoisotopic (exact) mass is 258 g/mol. The Hall–Kier alpha value is -1.00. The number of ether oxygens (including phenoxy) is 1. The Morgan fingerprint density at radius 3 is 2.50 bits per heavy atom. The van der Waals surface area contributed by atoms with Gasteiger partial charge in [-0.25, -0.2) is 8.78 Å². The smallest absolute Gasteiger partial charge is 0.129 e. The minimum atomic E-state index is -0.831. The number of aliphatic hydroxyl groups excluding tert-OH is 1. The van der Waals surface area contributed by atoms with Crippen molar-refractivity contribution < 1.29 is 18.6 Å². The van der Waals surface area contributed by atoms with Crippen LogP contribution in [-0.4, -0.2) is 23.4 Å².